The monoisotopic (exact) mass is 396 g/mol. The van der Waals surface area contributed by atoms with Gasteiger partial charge in [-0.1, -0.05) is 6.07 Å². The summed E-state index contributed by atoms with van der Waals surface area (Å²) in [6.45, 7) is 6.72. The van der Waals surface area contributed by atoms with Crippen molar-refractivity contribution in [3.63, 3.8) is 0 Å². The Morgan fingerprint density at radius 1 is 1.10 bits per heavy atom. The Hall–Kier alpha value is -3.22. The molecule has 29 heavy (non-hydrogen) atoms. The molecule has 0 N–H and O–H groups in total. The highest BCUT2D eigenvalue weighted by Crippen LogP contribution is 2.40. The number of rotatable bonds is 6. The van der Waals surface area contributed by atoms with Crippen molar-refractivity contribution in [1.29, 1.82) is 0 Å². The van der Waals surface area contributed by atoms with Gasteiger partial charge in [-0.2, -0.15) is 5.10 Å². The van der Waals surface area contributed by atoms with E-state index in [1.807, 2.05) is 50.2 Å². The van der Waals surface area contributed by atoms with E-state index in [0.717, 1.165) is 22.6 Å². The molecule has 0 bridgehead atoms. The Morgan fingerprint density at radius 3 is 2.66 bits per heavy atom. The van der Waals surface area contributed by atoms with Crippen LogP contribution in [0.4, 0.5) is 0 Å². The van der Waals surface area contributed by atoms with Gasteiger partial charge in [0.2, 0.25) is 12.7 Å². The van der Waals surface area contributed by atoms with E-state index in [-0.39, 0.29) is 18.7 Å². The first-order chi connectivity index (χ1) is 14.1. The van der Waals surface area contributed by atoms with Gasteiger partial charge in [0.05, 0.1) is 25.0 Å². The fraction of sp³-hybridized carbons (Fsp3) is 0.364. The summed E-state index contributed by atoms with van der Waals surface area (Å²) in [5.74, 6) is 2.73. The summed E-state index contributed by atoms with van der Waals surface area (Å²) < 4.78 is 22.3. The Bertz CT molecular complexity index is 956. The fourth-order valence-corrected chi connectivity index (χ4v) is 3.62. The third kappa shape index (κ3) is 3.72. The van der Waals surface area contributed by atoms with Crippen LogP contribution >= 0.6 is 0 Å². The largest absolute Gasteiger partial charge is 0.494 e. The maximum Gasteiger partial charge on any atom is 0.240 e. The van der Waals surface area contributed by atoms with Gasteiger partial charge in [-0.15, -0.1) is 0 Å². The predicted molar refractivity (Wildman–Crippen MR) is 108 cm³/mol. The van der Waals surface area contributed by atoms with Crippen molar-refractivity contribution in [2.45, 2.75) is 33.2 Å². The second-order valence-electron chi connectivity index (χ2n) is 6.77. The van der Waals surface area contributed by atoms with E-state index < -0.39 is 0 Å². The van der Waals surface area contributed by atoms with Crippen molar-refractivity contribution in [1.82, 2.24) is 5.01 Å². The number of amides is 1. The summed E-state index contributed by atoms with van der Waals surface area (Å²) in [4.78, 5) is 12.3. The van der Waals surface area contributed by atoms with E-state index >= 15 is 0 Å². The third-order valence-electron chi connectivity index (χ3n) is 4.89. The minimum atomic E-state index is -0.210. The summed E-state index contributed by atoms with van der Waals surface area (Å²) in [6.07, 6.45) is 0.577. The Balaban J connectivity index is 1.67. The standard InChI is InChI=1S/C22H24N2O5/c1-4-26-16-7-8-17(21(11-16)27-5-2)18-12-19(24(23-18)14(3)25)15-6-9-20-22(10-15)29-13-28-20/h6-11,19H,4-5,12-13H2,1-3H3. The van der Waals surface area contributed by atoms with Gasteiger partial charge in [-0.3, -0.25) is 4.79 Å². The zero-order valence-corrected chi connectivity index (χ0v) is 16.8. The van der Waals surface area contributed by atoms with E-state index in [0.29, 0.717) is 36.9 Å². The maximum atomic E-state index is 12.3. The zero-order valence-electron chi connectivity index (χ0n) is 16.8. The lowest BCUT2D eigenvalue weighted by molar-refractivity contribution is -0.130. The smallest absolute Gasteiger partial charge is 0.240 e. The van der Waals surface area contributed by atoms with Crippen molar-refractivity contribution in [2.75, 3.05) is 20.0 Å². The highest BCUT2D eigenvalue weighted by atomic mass is 16.7. The van der Waals surface area contributed by atoms with Crippen LogP contribution < -0.4 is 18.9 Å². The zero-order chi connectivity index (χ0) is 20.4. The van der Waals surface area contributed by atoms with Crippen LogP contribution in [0, 0.1) is 0 Å². The summed E-state index contributed by atoms with van der Waals surface area (Å²) in [5, 5.41) is 6.16. The van der Waals surface area contributed by atoms with Crippen molar-refractivity contribution < 1.29 is 23.7 Å². The van der Waals surface area contributed by atoms with E-state index in [4.69, 9.17) is 18.9 Å². The Labute approximate surface area is 169 Å². The number of hydrogen-bond donors (Lipinski definition) is 0. The molecule has 2 heterocycles. The number of hydrazone groups is 1. The number of carbonyl (C=O) groups excluding carboxylic acids is 1. The first-order valence-corrected chi connectivity index (χ1v) is 9.77. The van der Waals surface area contributed by atoms with Crippen LogP contribution in [0.1, 0.15) is 44.4 Å². The van der Waals surface area contributed by atoms with E-state index in [2.05, 4.69) is 5.10 Å². The molecule has 1 amide bonds. The molecule has 2 aliphatic heterocycles. The van der Waals surface area contributed by atoms with Gasteiger partial charge in [-0.05, 0) is 43.7 Å². The quantitative estimate of drug-likeness (QED) is 0.740. The molecule has 152 valence electrons. The SMILES string of the molecule is CCOc1ccc(C2=NN(C(C)=O)C(c3ccc4c(c3)OCO4)C2)c(OCC)c1. The lowest BCUT2D eigenvalue weighted by Gasteiger charge is -2.20. The van der Waals surface area contributed by atoms with E-state index in [1.165, 1.54) is 11.9 Å². The van der Waals surface area contributed by atoms with Crippen LogP contribution in [-0.2, 0) is 4.79 Å². The summed E-state index contributed by atoms with van der Waals surface area (Å²) in [7, 11) is 0. The molecule has 2 aromatic rings. The van der Waals surface area contributed by atoms with Crippen LogP contribution in [0.5, 0.6) is 23.0 Å². The molecule has 0 saturated carbocycles. The summed E-state index contributed by atoms with van der Waals surface area (Å²) in [5.41, 5.74) is 2.62. The maximum absolute atomic E-state index is 12.3. The first kappa shape index (κ1) is 19.1. The normalized spacial score (nSPS) is 17.3. The first-order valence-electron chi connectivity index (χ1n) is 9.77. The van der Waals surface area contributed by atoms with Crippen LogP contribution in [0.2, 0.25) is 0 Å². The molecule has 0 saturated heterocycles. The Kier molecular flexibility index (Phi) is 5.29. The van der Waals surface area contributed by atoms with Crippen LogP contribution in [0.15, 0.2) is 41.5 Å². The molecule has 0 aromatic heterocycles. The molecule has 4 rings (SSSR count). The van der Waals surface area contributed by atoms with Gasteiger partial charge in [0.25, 0.3) is 0 Å². The lowest BCUT2D eigenvalue weighted by atomic mass is 9.97. The predicted octanol–water partition coefficient (Wildman–Crippen LogP) is 3.91. The molecular formula is C22H24N2O5. The van der Waals surface area contributed by atoms with Crippen LogP contribution in [0.25, 0.3) is 0 Å². The van der Waals surface area contributed by atoms with Gasteiger partial charge in [0.1, 0.15) is 11.5 Å². The number of nitrogens with zero attached hydrogens (tertiary/aromatic N) is 2. The molecule has 0 aliphatic carbocycles. The van der Waals surface area contributed by atoms with Crippen molar-refractivity contribution in [3.05, 3.63) is 47.5 Å². The molecule has 2 aromatic carbocycles. The van der Waals surface area contributed by atoms with Gasteiger partial charge >= 0.3 is 0 Å². The highest BCUT2D eigenvalue weighted by Gasteiger charge is 2.33. The number of fused-ring (bicyclic) bond motifs is 1. The average Bonchev–Trinajstić information content (AvgIpc) is 3.35. The molecule has 0 spiro atoms. The summed E-state index contributed by atoms with van der Waals surface area (Å²) >= 11 is 0. The average molecular weight is 396 g/mol. The van der Waals surface area contributed by atoms with Gasteiger partial charge in [0, 0.05) is 25.0 Å². The molecular weight excluding hydrogens is 372 g/mol. The van der Waals surface area contributed by atoms with Gasteiger partial charge in [-0.25, -0.2) is 5.01 Å². The molecule has 1 atom stereocenters. The minimum Gasteiger partial charge on any atom is -0.494 e. The molecule has 0 radical (unpaired) electrons. The van der Waals surface area contributed by atoms with Crippen LogP contribution in [0.3, 0.4) is 0 Å². The molecule has 0 fully saturated rings. The Morgan fingerprint density at radius 2 is 1.90 bits per heavy atom. The number of carbonyl (C=O) groups is 1. The fourth-order valence-electron chi connectivity index (χ4n) is 3.62. The second-order valence-corrected chi connectivity index (χ2v) is 6.77. The van der Waals surface area contributed by atoms with Crippen molar-refractivity contribution >= 4 is 11.6 Å². The number of ether oxygens (including phenoxy) is 4. The highest BCUT2D eigenvalue weighted by molar-refractivity contribution is 6.05. The van der Waals surface area contributed by atoms with Crippen molar-refractivity contribution in [3.8, 4) is 23.0 Å². The van der Waals surface area contributed by atoms with Crippen molar-refractivity contribution in [2.24, 2.45) is 5.10 Å². The topological polar surface area (TPSA) is 69.6 Å². The van der Waals surface area contributed by atoms with E-state index in [9.17, 15) is 4.79 Å². The van der Waals surface area contributed by atoms with E-state index in [1.54, 1.807) is 0 Å². The summed E-state index contributed by atoms with van der Waals surface area (Å²) in [6, 6.07) is 11.2. The number of hydrogen-bond acceptors (Lipinski definition) is 6. The van der Waals surface area contributed by atoms with Gasteiger partial charge < -0.3 is 18.9 Å². The molecule has 7 heteroatoms. The minimum absolute atomic E-state index is 0.119. The number of benzene rings is 2. The third-order valence-corrected chi connectivity index (χ3v) is 4.89. The molecule has 7 nitrogen and oxygen atoms in total. The molecule has 2 aliphatic rings. The lowest BCUT2D eigenvalue weighted by Crippen LogP contribution is -2.24. The molecule has 1 unspecified atom stereocenters. The second kappa shape index (κ2) is 8.03. The van der Waals surface area contributed by atoms with Crippen LogP contribution in [-0.4, -0.2) is 36.6 Å². The van der Waals surface area contributed by atoms with Gasteiger partial charge in [0.15, 0.2) is 11.5 Å².